The largest absolute Gasteiger partial charge is 0.351 e. The molecule has 152 valence electrons. The van der Waals surface area contributed by atoms with E-state index in [9.17, 15) is 14.0 Å². The summed E-state index contributed by atoms with van der Waals surface area (Å²) in [5.74, 6) is -0.693. The minimum absolute atomic E-state index is 0.0255. The van der Waals surface area contributed by atoms with E-state index in [1.54, 1.807) is 12.1 Å². The van der Waals surface area contributed by atoms with Crippen LogP contribution in [0.4, 0.5) is 4.39 Å². The van der Waals surface area contributed by atoms with Crippen LogP contribution in [0.3, 0.4) is 0 Å². The molecule has 4 rings (SSSR count). The second-order valence-electron chi connectivity index (χ2n) is 6.30. The molecule has 1 amide bonds. The molecule has 4 aromatic rings. The maximum Gasteiger partial charge on any atom is 0.269 e. The first-order chi connectivity index (χ1) is 14.5. The van der Waals surface area contributed by atoms with Crippen LogP contribution in [-0.4, -0.2) is 31.4 Å². The molecule has 0 fully saturated rings. The first kappa shape index (κ1) is 20.1. The number of carbonyl (C=O) groups excluding carboxylic acids is 1. The van der Waals surface area contributed by atoms with Crippen molar-refractivity contribution >= 4 is 40.3 Å². The molecule has 7 nitrogen and oxygen atoms in total. The van der Waals surface area contributed by atoms with E-state index in [-0.39, 0.29) is 28.8 Å². The van der Waals surface area contributed by atoms with Gasteiger partial charge in [-0.15, -0.1) is 0 Å². The molecule has 2 heterocycles. The van der Waals surface area contributed by atoms with Crippen LogP contribution in [0.25, 0.3) is 16.7 Å². The summed E-state index contributed by atoms with van der Waals surface area (Å²) in [6.07, 6.45) is 1.43. The highest BCUT2D eigenvalue weighted by atomic mass is 35.5. The molecule has 2 aromatic carbocycles. The molecular formula is C20H15ClFN5O2S. The number of thioether (sulfide) groups is 1. The molecule has 30 heavy (non-hydrogen) atoms. The maximum atomic E-state index is 13.1. The highest BCUT2D eigenvalue weighted by molar-refractivity contribution is 7.99. The van der Waals surface area contributed by atoms with Gasteiger partial charge in [0.05, 0.1) is 17.6 Å². The monoisotopic (exact) mass is 443 g/mol. The van der Waals surface area contributed by atoms with Crippen molar-refractivity contribution in [1.29, 1.82) is 0 Å². The number of nitrogens with one attached hydrogen (secondary N) is 2. The van der Waals surface area contributed by atoms with E-state index in [4.69, 9.17) is 11.6 Å². The lowest BCUT2D eigenvalue weighted by Crippen LogP contribution is -2.26. The third-order valence-electron chi connectivity index (χ3n) is 4.29. The van der Waals surface area contributed by atoms with Gasteiger partial charge < -0.3 is 5.32 Å². The van der Waals surface area contributed by atoms with Crippen LogP contribution in [0.15, 0.2) is 64.7 Å². The van der Waals surface area contributed by atoms with Gasteiger partial charge in [0.2, 0.25) is 5.91 Å². The normalized spacial score (nSPS) is 11.0. The van der Waals surface area contributed by atoms with Crippen LogP contribution >= 0.6 is 23.4 Å². The zero-order valence-corrected chi connectivity index (χ0v) is 17.0. The number of H-pyrrole nitrogens is 1. The van der Waals surface area contributed by atoms with E-state index < -0.39 is 5.82 Å². The van der Waals surface area contributed by atoms with Crippen LogP contribution in [-0.2, 0) is 11.3 Å². The Bertz CT molecular complexity index is 1280. The SMILES string of the molecule is O=C(CSc1nc2[nH]ncc2c(=O)n1-c1ccccc1)NCc1ccc(F)cc1Cl. The average Bonchev–Trinajstić information content (AvgIpc) is 3.21. The van der Waals surface area contributed by atoms with Crippen molar-refractivity contribution in [1.82, 2.24) is 25.1 Å². The number of rotatable bonds is 6. The number of halogens is 2. The smallest absolute Gasteiger partial charge is 0.269 e. The van der Waals surface area contributed by atoms with Crippen LogP contribution < -0.4 is 10.9 Å². The molecule has 2 N–H and O–H groups in total. The second kappa shape index (κ2) is 8.68. The Balaban J connectivity index is 1.53. The summed E-state index contributed by atoms with van der Waals surface area (Å²) in [5, 5.41) is 10.3. The van der Waals surface area contributed by atoms with Crippen molar-refractivity contribution in [3.63, 3.8) is 0 Å². The van der Waals surface area contributed by atoms with Gasteiger partial charge in [-0.1, -0.05) is 47.6 Å². The molecule has 0 saturated heterocycles. The molecule has 0 saturated carbocycles. The quantitative estimate of drug-likeness (QED) is 0.352. The molecule has 0 atom stereocenters. The van der Waals surface area contributed by atoms with Crippen molar-refractivity contribution in [3.05, 3.63) is 81.5 Å². The standard InChI is InChI=1S/C20H15ClFN5O2S/c21-16-8-13(22)7-6-12(16)9-23-17(28)11-30-20-25-18-15(10-24-26-18)19(29)27(20)14-4-2-1-3-5-14/h1-8,10H,9,11H2,(H,23,28)(H,24,26). The van der Waals surface area contributed by atoms with Crippen LogP contribution in [0.2, 0.25) is 5.02 Å². The van der Waals surface area contributed by atoms with Crippen molar-refractivity contribution < 1.29 is 9.18 Å². The lowest BCUT2D eigenvalue weighted by molar-refractivity contribution is -0.118. The van der Waals surface area contributed by atoms with Gasteiger partial charge in [0.15, 0.2) is 10.8 Å². The summed E-state index contributed by atoms with van der Waals surface area (Å²) < 4.78 is 14.6. The third kappa shape index (κ3) is 4.22. The lowest BCUT2D eigenvalue weighted by atomic mass is 10.2. The predicted octanol–water partition coefficient (Wildman–Crippen LogP) is 3.31. The number of hydrogen-bond donors (Lipinski definition) is 2. The Morgan fingerprint density at radius 1 is 1.23 bits per heavy atom. The zero-order chi connectivity index (χ0) is 21.1. The minimum Gasteiger partial charge on any atom is -0.351 e. The van der Waals surface area contributed by atoms with Crippen LogP contribution in [0, 0.1) is 5.82 Å². The molecule has 2 aromatic heterocycles. The number of aromatic nitrogens is 4. The van der Waals surface area contributed by atoms with Crippen LogP contribution in [0.5, 0.6) is 0 Å². The number of nitrogens with zero attached hydrogens (tertiary/aromatic N) is 3. The Kier molecular flexibility index (Phi) is 5.82. The maximum absolute atomic E-state index is 13.1. The van der Waals surface area contributed by atoms with Crippen molar-refractivity contribution in [2.75, 3.05) is 5.75 Å². The summed E-state index contributed by atoms with van der Waals surface area (Å²) in [6, 6.07) is 13.0. The van der Waals surface area contributed by atoms with Gasteiger partial charge in [0.25, 0.3) is 5.56 Å². The fourth-order valence-corrected chi connectivity index (χ4v) is 3.89. The van der Waals surface area contributed by atoms with Gasteiger partial charge in [0.1, 0.15) is 11.2 Å². The van der Waals surface area contributed by atoms with Crippen molar-refractivity contribution in [3.8, 4) is 5.69 Å². The molecule has 0 unspecified atom stereocenters. The van der Waals surface area contributed by atoms with E-state index >= 15 is 0 Å². The lowest BCUT2D eigenvalue weighted by Gasteiger charge is -2.12. The van der Waals surface area contributed by atoms with E-state index in [0.717, 1.165) is 11.8 Å². The molecule has 0 spiro atoms. The molecule has 0 aliphatic heterocycles. The molecular weight excluding hydrogens is 429 g/mol. The number of benzene rings is 2. The molecule has 0 radical (unpaired) electrons. The fourth-order valence-electron chi connectivity index (χ4n) is 2.82. The second-order valence-corrected chi connectivity index (χ2v) is 7.65. The highest BCUT2D eigenvalue weighted by Gasteiger charge is 2.16. The van der Waals surface area contributed by atoms with E-state index in [1.165, 1.54) is 29.0 Å². The summed E-state index contributed by atoms with van der Waals surface area (Å²) in [5.41, 5.74) is 1.32. The first-order valence-electron chi connectivity index (χ1n) is 8.88. The Hall–Kier alpha value is -3.17. The number of amides is 1. The molecule has 0 aliphatic carbocycles. The summed E-state index contributed by atoms with van der Waals surface area (Å²) >= 11 is 7.11. The number of fused-ring (bicyclic) bond motifs is 1. The van der Waals surface area contributed by atoms with E-state index in [2.05, 4.69) is 20.5 Å². The number of para-hydroxylation sites is 1. The summed E-state index contributed by atoms with van der Waals surface area (Å²) in [6.45, 7) is 0.164. The Morgan fingerprint density at radius 2 is 2.03 bits per heavy atom. The van der Waals surface area contributed by atoms with Gasteiger partial charge in [-0.3, -0.25) is 19.3 Å². The van der Waals surface area contributed by atoms with E-state index in [0.29, 0.717) is 27.4 Å². The van der Waals surface area contributed by atoms with Gasteiger partial charge in [-0.25, -0.2) is 9.37 Å². The highest BCUT2D eigenvalue weighted by Crippen LogP contribution is 2.21. The third-order valence-corrected chi connectivity index (χ3v) is 5.58. The van der Waals surface area contributed by atoms with Crippen molar-refractivity contribution in [2.45, 2.75) is 11.7 Å². The molecule has 10 heteroatoms. The van der Waals surface area contributed by atoms with Crippen LogP contribution in [0.1, 0.15) is 5.56 Å². The molecule has 0 bridgehead atoms. The van der Waals surface area contributed by atoms with Gasteiger partial charge in [0, 0.05) is 11.6 Å². The summed E-state index contributed by atoms with van der Waals surface area (Å²) in [7, 11) is 0. The van der Waals surface area contributed by atoms with Gasteiger partial charge in [-0.2, -0.15) is 5.10 Å². The van der Waals surface area contributed by atoms with E-state index in [1.807, 2.05) is 18.2 Å². The number of hydrogen-bond acceptors (Lipinski definition) is 5. The van der Waals surface area contributed by atoms with Gasteiger partial charge >= 0.3 is 0 Å². The first-order valence-corrected chi connectivity index (χ1v) is 10.2. The minimum atomic E-state index is -0.440. The Morgan fingerprint density at radius 3 is 2.80 bits per heavy atom. The van der Waals surface area contributed by atoms with Crippen molar-refractivity contribution in [2.24, 2.45) is 0 Å². The predicted molar refractivity (Wildman–Crippen MR) is 113 cm³/mol. The Labute approximate surface area is 179 Å². The molecule has 0 aliphatic rings. The van der Waals surface area contributed by atoms with Gasteiger partial charge in [-0.05, 0) is 29.8 Å². The summed E-state index contributed by atoms with van der Waals surface area (Å²) in [4.78, 5) is 29.7. The number of carbonyl (C=O) groups is 1. The number of aromatic amines is 1. The average molecular weight is 444 g/mol. The zero-order valence-electron chi connectivity index (χ0n) is 15.4. The fraction of sp³-hybridized carbons (Fsp3) is 0.100. The topological polar surface area (TPSA) is 92.7 Å².